The fourth-order valence-corrected chi connectivity index (χ4v) is 3.49. The van der Waals surface area contributed by atoms with Crippen LogP contribution in [0.15, 0.2) is 42.7 Å². The zero-order valence-electron chi connectivity index (χ0n) is 15.0. The predicted octanol–water partition coefficient (Wildman–Crippen LogP) is -0.169. The highest BCUT2D eigenvalue weighted by molar-refractivity contribution is 7.84. The molecule has 1 saturated carbocycles. The molecule has 1 aliphatic rings. The largest absolute Gasteiger partial charge is 0.390 e. The lowest BCUT2D eigenvalue weighted by Gasteiger charge is -2.18. The third-order valence-corrected chi connectivity index (χ3v) is 5.03. The molecular formula is C17H23N5O5S. The smallest absolute Gasteiger partial charge is 0.333 e. The van der Waals surface area contributed by atoms with E-state index < -0.39 is 34.5 Å². The summed E-state index contributed by atoms with van der Waals surface area (Å²) in [6.45, 7) is 0.290. The van der Waals surface area contributed by atoms with Gasteiger partial charge >= 0.3 is 10.3 Å². The van der Waals surface area contributed by atoms with Gasteiger partial charge in [0.15, 0.2) is 0 Å². The van der Waals surface area contributed by atoms with Gasteiger partial charge in [0.05, 0.1) is 18.8 Å². The van der Waals surface area contributed by atoms with E-state index in [1.807, 2.05) is 30.3 Å². The summed E-state index contributed by atoms with van der Waals surface area (Å²) in [4.78, 5) is 8.29. The first-order valence-corrected chi connectivity index (χ1v) is 10.2. The van der Waals surface area contributed by atoms with Gasteiger partial charge in [0.1, 0.15) is 24.1 Å². The molecule has 0 bridgehead atoms. The van der Waals surface area contributed by atoms with Crippen LogP contribution in [-0.4, -0.2) is 53.5 Å². The molecule has 4 atom stereocenters. The van der Waals surface area contributed by atoms with Crippen molar-refractivity contribution in [2.75, 3.05) is 17.2 Å². The van der Waals surface area contributed by atoms with Crippen LogP contribution < -0.4 is 15.8 Å². The monoisotopic (exact) mass is 409 g/mol. The maximum Gasteiger partial charge on any atom is 0.333 e. The van der Waals surface area contributed by atoms with Crippen LogP contribution in [-0.2, 0) is 21.0 Å². The molecule has 152 valence electrons. The van der Waals surface area contributed by atoms with Gasteiger partial charge < -0.3 is 20.8 Å². The number of benzene rings is 1. The summed E-state index contributed by atoms with van der Waals surface area (Å²) in [5.74, 6) is 0.488. The van der Waals surface area contributed by atoms with Gasteiger partial charge in [-0.1, -0.05) is 30.3 Å². The first-order chi connectivity index (χ1) is 13.3. The lowest BCUT2D eigenvalue weighted by molar-refractivity contribution is 0.00778. The van der Waals surface area contributed by atoms with Gasteiger partial charge in [-0.15, -0.1) is 0 Å². The SMILES string of the molecule is NS(=O)(=O)OC[C@H]1C[C@@H](Nc2cc(NCc3ccccc3)ncn2)[C@H](O)[C@@H]1O. The summed E-state index contributed by atoms with van der Waals surface area (Å²) >= 11 is 0. The molecule has 10 nitrogen and oxygen atoms in total. The first-order valence-electron chi connectivity index (χ1n) is 8.71. The van der Waals surface area contributed by atoms with Crippen LogP contribution in [0, 0.1) is 5.92 Å². The number of hydrogen-bond donors (Lipinski definition) is 5. The van der Waals surface area contributed by atoms with E-state index in [4.69, 9.17) is 5.14 Å². The number of aliphatic hydroxyl groups excluding tert-OH is 2. The van der Waals surface area contributed by atoms with Crippen molar-refractivity contribution in [3.8, 4) is 0 Å². The number of hydrogen-bond acceptors (Lipinski definition) is 9. The third kappa shape index (κ3) is 5.59. The summed E-state index contributed by atoms with van der Waals surface area (Å²) in [7, 11) is -4.11. The molecule has 3 rings (SSSR count). The number of aliphatic hydroxyl groups is 2. The fourth-order valence-electron chi connectivity index (χ4n) is 3.13. The second kappa shape index (κ2) is 8.80. The highest BCUT2D eigenvalue weighted by atomic mass is 32.2. The van der Waals surface area contributed by atoms with Crippen molar-refractivity contribution in [3.05, 3.63) is 48.3 Å². The number of nitrogens with one attached hydrogen (secondary N) is 2. The summed E-state index contributed by atoms with van der Waals surface area (Å²) in [6.07, 6.45) is -0.578. The standard InChI is InChI=1S/C17H23N5O5S/c18-28(25,26)27-9-12-6-13(17(24)16(12)23)22-15-7-14(20-10-21-15)19-8-11-4-2-1-3-5-11/h1-5,7,10,12-13,16-17,23-24H,6,8-9H2,(H2,18,25,26)(H2,19,20,21,22)/t12-,13-,16-,17+/m1/s1. The molecule has 0 amide bonds. The van der Waals surface area contributed by atoms with Crippen LogP contribution in [0.4, 0.5) is 11.6 Å². The van der Waals surface area contributed by atoms with Crippen molar-refractivity contribution in [1.82, 2.24) is 9.97 Å². The average Bonchev–Trinajstić information content (AvgIpc) is 2.93. The van der Waals surface area contributed by atoms with Gasteiger partial charge in [-0.2, -0.15) is 8.42 Å². The third-order valence-electron chi connectivity index (χ3n) is 4.57. The van der Waals surface area contributed by atoms with Gasteiger partial charge in [0, 0.05) is 18.5 Å². The van der Waals surface area contributed by atoms with Crippen LogP contribution >= 0.6 is 0 Å². The van der Waals surface area contributed by atoms with Gasteiger partial charge in [0.25, 0.3) is 0 Å². The first kappa shape index (κ1) is 20.4. The molecule has 0 unspecified atom stereocenters. The quantitative estimate of drug-likeness (QED) is 0.399. The van der Waals surface area contributed by atoms with Crippen molar-refractivity contribution in [2.45, 2.75) is 31.2 Å². The van der Waals surface area contributed by atoms with Crippen LogP contribution in [0.2, 0.25) is 0 Å². The summed E-state index contributed by atoms with van der Waals surface area (Å²) in [5.41, 5.74) is 1.10. The fraction of sp³-hybridized carbons (Fsp3) is 0.412. The average molecular weight is 409 g/mol. The Morgan fingerprint density at radius 2 is 1.86 bits per heavy atom. The van der Waals surface area contributed by atoms with Gasteiger partial charge in [-0.05, 0) is 12.0 Å². The molecule has 1 fully saturated rings. The molecule has 1 aliphatic carbocycles. The van der Waals surface area contributed by atoms with Crippen LogP contribution in [0.3, 0.4) is 0 Å². The summed E-state index contributed by atoms with van der Waals surface area (Å²) in [6, 6.07) is 11.0. The molecule has 0 spiro atoms. The number of aromatic nitrogens is 2. The Bertz CT molecular complexity index is 883. The molecule has 11 heteroatoms. The Kier molecular flexibility index (Phi) is 6.42. The van der Waals surface area contributed by atoms with E-state index in [2.05, 4.69) is 24.8 Å². The predicted molar refractivity (Wildman–Crippen MR) is 102 cm³/mol. The normalized spacial score (nSPS) is 24.8. The Morgan fingerprint density at radius 3 is 2.57 bits per heavy atom. The number of nitrogens with zero attached hydrogens (tertiary/aromatic N) is 2. The van der Waals surface area contributed by atoms with E-state index in [0.29, 0.717) is 18.2 Å². The molecule has 0 aliphatic heterocycles. The van der Waals surface area contributed by atoms with Gasteiger partial charge in [-0.3, -0.25) is 4.18 Å². The van der Waals surface area contributed by atoms with Crippen LogP contribution in [0.1, 0.15) is 12.0 Å². The molecule has 1 aromatic carbocycles. The topological polar surface area (TPSA) is 160 Å². The van der Waals surface area contributed by atoms with Crippen molar-refractivity contribution >= 4 is 21.9 Å². The zero-order chi connectivity index (χ0) is 20.1. The lowest BCUT2D eigenvalue weighted by atomic mass is 10.1. The molecular weight excluding hydrogens is 386 g/mol. The zero-order valence-corrected chi connectivity index (χ0v) is 15.8. The van der Waals surface area contributed by atoms with Crippen molar-refractivity contribution in [1.29, 1.82) is 0 Å². The van der Waals surface area contributed by atoms with Crippen LogP contribution in [0.5, 0.6) is 0 Å². The van der Waals surface area contributed by atoms with Gasteiger partial charge in [-0.25, -0.2) is 15.1 Å². The molecule has 6 N–H and O–H groups in total. The molecule has 1 heterocycles. The molecule has 28 heavy (non-hydrogen) atoms. The summed E-state index contributed by atoms with van der Waals surface area (Å²) < 4.78 is 26.4. The van der Waals surface area contributed by atoms with E-state index in [1.165, 1.54) is 6.33 Å². The van der Waals surface area contributed by atoms with E-state index >= 15 is 0 Å². The van der Waals surface area contributed by atoms with E-state index in [9.17, 15) is 18.6 Å². The second-order valence-electron chi connectivity index (χ2n) is 6.63. The van der Waals surface area contributed by atoms with Crippen molar-refractivity contribution < 1.29 is 22.8 Å². The Labute approximate surface area is 163 Å². The Balaban J connectivity index is 1.58. The highest BCUT2D eigenvalue weighted by Gasteiger charge is 2.42. The van der Waals surface area contributed by atoms with E-state index in [0.717, 1.165) is 5.56 Å². The molecule has 1 aromatic heterocycles. The second-order valence-corrected chi connectivity index (χ2v) is 7.85. The molecule has 0 radical (unpaired) electrons. The number of rotatable bonds is 8. The maximum atomic E-state index is 10.9. The van der Waals surface area contributed by atoms with E-state index in [-0.39, 0.29) is 13.0 Å². The Morgan fingerprint density at radius 1 is 1.14 bits per heavy atom. The molecule has 0 saturated heterocycles. The Hall–Kier alpha value is -2.31. The minimum absolute atomic E-state index is 0.286. The minimum atomic E-state index is -4.11. The van der Waals surface area contributed by atoms with E-state index in [1.54, 1.807) is 6.07 Å². The lowest BCUT2D eigenvalue weighted by Crippen LogP contribution is -2.36. The summed E-state index contributed by atoms with van der Waals surface area (Å²) in [5, 5.41) is 31.4. The van der Waals surface area contributed by atoms with Crippen molar-refractivity contribution in [3.63, 3.8) is 0 Å². The number of nitrogens with two attached hydrogens (primary N) is 1. The van der Waals surface area contributed by atoms with Crippen molar-refractivity contribution in [2.24, 2.45) is 11.1 Å². The van der Waals surface area contributed by atoms with Gasteiger partial charge in [0.2, 0.25) is 0 Å². The highest BCUT2D eigenvalue weighted by Crippen LogP contribution is 2.29. The molecule has 2 aromatic rings. The minimum Gasteiger partial charge on any atom is -0.390 e. The maximum absolute atomic E-state index is 10.9. The van der Waals surface area contributed by atoms with Crippen LogP contribution in [0.25, 0.3) is 0 Å². The number of anilines is 2.